The molecule has 1 atom stereocenters. The zero-order chi connectivity index (χ0) is 20.1. The summed E-state index contributed by atoms with van der Waals surface area (Å²) in [6, 6.07) is 11.5. The lowest BCUT2D eigenvalue weighted by atomic mass is 9.91. The van der Waals surface area contributed by atoms with Crippen molar-refractivity contribution >= 4 is 23.2 Å². The number of benzene rings is 1. The average molecular weight is 400 g/mol. The molecule has 6 heteroatoms. The molecule has 0 fully saturated rings. The highest BCUT2D eigenvalue weighted by molar-refractivity contribution is 6.30. The molecule has 28 heavy (non-hydrogen) atoms. The van der Waals surface area contributed by atoms with Crippen molar-refractivity contribution in [1.29, 1.82) is 0 Å². The number of para-hydroxylation sites is 1. The van der Waals surface area contributed by atoms with Gasteiger partial charge in [0.15, 0.2) is 0 Å². The highest BCUT2D eigenvalue weighted by atomic mass is 35.5. The van der Waals surface area contributed by atoms with Gasteiger partial charge in [-0.05, 0) is 30.5 Å². The maximum absolute atomic E-state index is 12.7. The van der Waals surface area contributed by atoms with E-state index in [0.29, 0.717) is 23.9 Å². The highest BCUT2D eigenvalue weighted by Crippen LogP contribution is 2.35. The fraction of sp³-hybridized carbons (Fsp3) is 0.364. The minimum Gasteiger partial charge on any atom is -0.496 e. The van der Waals surface area contributed by atoms with Gasteiger partial charge in [0.25, 0.3) is 0 Å². The first-order valence-electron chi connectivity index (χ1n) is 9.51. The van der Waals surface area contributed by atoms with Gasteiger partial charge in [0, 0.05) is 36.8 Å². The Labute approximate surface area is 170 Å². The van der Waals surface area contributed by atoms with E-state index >= 15 is 0 Å². The van der Waals surface area contributed by atoms with E-state index in [1.165, 1.54) is 0 Å². The molecule has 1 amide bonds. The standard InChI is InChI=1S/C22H26ClN3O2/c1-15(2)10-11-24-22(27)12-18(17-6-4-5-7-20(17)28-3)19-13-25-21-9-8-16(23)14-26(19)21/h4-9,13-15,18H,10-12H2,1-3H3,(H,24,27)/t18-/m0/s1. The monoisotopic (exact) mass is 399 g/mol. The van der Waals surface area contributed by atoms with Gasteiger partial charge in [-0.3, -0.25) is 4.79 Å². The molecule has 0 radical (unpaired) electrons. The maximum Gasteiger partial charge on any atom is 0.221 e. The molecule has 3 aromatic rings. The van der Waals surface area contributed by atoms with E-state index in [1.807, 2.05) is 53.2 Å². The van der Waals surface area contributed by atoms with Gasteiger partial charge in [0.2, 0.25) is 5.91 Å². The van der Waals surface area contributed by atoms with Crippen LogP contribution in [0.3, 0.4) is 0 Å². The lowest BCUT2D eigenvalue weighted by Crippen LogP contribution is -2.27. The Bertz CT molecular complexity index is 952. The van der Waals surface area contributed by atoms with Gasteiger partial charge in [0.05, 0.1) is 17.8 Å². The van der Waals surface area contributed by atoms with E-state index in [9.17, 15) is 4.79 Å². The molecule has 0 aliphatic rings. The number of amides is 1. The minimum absolute atomic E-state index is 0.00790. The molecule has 2 heterocycles. The van der Waals surface area contributed by atoms with Crippen molar-refractivity contribution < 1.29 is 9.53 Å². The Morgan fingerprint density at radius 1 is 1.25 bits per heavy atom. The Morgan fingerprint density at radius 3 is 2.79 bits per heavy atom. The number of nitrogens with one attached hydrogen (secondary N) is 1. The summed E-state index contributed by atoms with van der Waals surface area (Å²) in [5.74, 6) is 1.10. The molecule has 0 aliphatic heterocycles. The molecule has 0 aliphatic carbocycles. The number of hydrogen-bond donors (Lipinski definition) is 1. The first kappa shape index (κ1) is 20.2. The fourth-order valence-electron chi connectivity index (χ4n) is 3.32. The Morgan fingerprint density at radius 2 is 2.04 bits per heavy atom. The molecule has 0 saturated carbocycles. The van der Waals surface area contributed by atoms with Crippen LogP contribution in [0.25, 0.3) is 5.65 Å². The second kappa shape index (κ2) is 9.11. The summed E-state index contributed by atoms with van der Waals surface area (Å²) >= 11 is 6.21. The first-order chi connectivity index (χ1) is 13.5. The molecule has 1 aromatic carbocycles. The van der Waals surface area contributed by atoms with Crippen LogP contribution < -0.4 is 10.1 Å². The molecule has 148 valence electrons. The number of imidazole rings is 1. The molecule has 0 bridgehead atoms. The van der Waals surface area contributed by atoms with Crippen LogP contribution in [0.2, 0.25) is 5.02 Å². The van der Waals surface area contributed by atoms with Crippen molar-refractivity contribution in [3.05, 3.63) is 65.1 Å². The summed E-state index contributed by atoms with van der Waals surface area (Å²) in [5.41, 5.74) is 2.64. The number of halogens is 1. The summed E-state index contributed by atoms with van der Waals surface area (Å²) < 4.78 is 7.51. The molecule has 0 saturated heterocycles. The van der Waals surface area contributed by atoms with Crippen LogP contribution in [0.4, 0.5) is 0 Å². The molecule has 5 nitrogen and oxygen atoms in total. The quantitative estimate of drug-likeness (QED) is 0.598. The number of methoxy groups -OCH3 is 1. The normalized spacial score (nSPS) is 12.3. The summed E-state index contributed by atoms with van der Waals surface area (Å²) in [4.78, 5) is 17.2. The maximum atomic E-state index is 12.7. The van der Waals surface area contributed by atoms with Crippen molar-refractivity contribution in [2.75, 3.05) is 13.7 Å². The second-order valence-corrected chi connectivity index (χ2v) is 7.73. The number of pyridine rings is 1. The molecule has 0 unspecified atom stereocenters. The second-order valence-electron chi connectivity index (χ2n) is 7.29. The third-order valence-electron chi connectivity index (χ3n) is 4.80. The highest BCUT2D eigenvalue weighted by Gasteiger charge is 2.24. The van der Waals surface area contributed by atoms with Gasteiger partial charge >= 0.3 is 0 Å². The van der Waals surface area contributed by atoms with Crippen molar-refractivity contribution in [3.63, 3.8) is 0 Å². The summed E-state index contributed by atoms with van der Waals surface area (Å²) in [5, 5.41) is 3.66. The van der Waals surface area contributed by atoms with E-state index in [4.69, 9.17) is 16.3 Å². The molecular formula is C22H26ClN3O2. The lowest BCUT2D eigenvalue weighted by Gasteiger charge is -2.20. The Kier molecular flexibility index (Phi) is 6.57. The molecule has 3 rings (SSSR count). The van der Waals surface area contributed by atoms with E-state index in [2.05, 4.69) is 24.1 Å². The predicted octanol–water partition coefficient (Wildman–Crippen LogP) is 4.68. The average Bonchev–Trinajstić information content (AvgIpc) is 3.08. The smallest absolute Gasteiger partial charge is 0.221 e. The third kappa shape index (κ3) is 4.65. The molecule has 0 spiro atoms. The number of carbonyl (C=O) groups excluding carboxylic acids is 1. The minimum atomic E-state index is -0.205. The van der Waals surface area contributed by atoms with Crippen LogP contribution in [-0.4, -0.2) is 28.9 Å². The zero-order valence-corrected chi connectivity index (χ0v) is 17.2. The molecular weight excluding hydrogens is 374 g/mol. The number of ether oxygens (including phenoxy) is 1. The SMILES string of the molecule is COc1ccccc1[C@H](CC(=O)NCCC(C)C)c1cnc2ccc(Cl)cn12. The van der Waals surface area contributed by atoms with Gasteiger partial charge in [-0.25, -0.2) is 4.98 Å². The van der Waals surface area contributed by atoms with E-state index in [-0.39, 0.29) is 11.8 Å². The van der Waals surface area contributed by atoms with Gasteiger partial charge in [0.1, 0.15) is 11.4 Å². The van der Waals surface area contributed by atoms with E-state index in [0.717, 1.165) is 29.1 Å². The van der Waals surface area contributed by atoms with Crippen LogP contribution >= 0.6 is 11.6 Å². The summed E-state index contributed by atoms with van der Waals surface area (Å²) in [6.45, 7) is 4.96. The predicted molar refractivity (Wildman–Crippen MR) is 112 cm³/mol. The van der Waals surface area contributed by atoms with Crippen LogP contribution in [0.1, 0.15) is 43.9 Å². The first-order valence-corrected chi connectivity index (χ1v) is 9.89. The number of aromatic nitrogens is 2. The van der Waals surface area contributed by atoms with Crippen molar-refractivity contribution in [2.24, 2.45) is 5.92 Å². The number of hydrogen-bond acceptors (Lipinski definition) is 3. The van der Waals surface area contributed by atoms with Gasteiger partial charge in [-0.15, -0.1) is 0 Å². The van der Waals surface area contributed by atoms with E-state index in [1.54, 1.807) is 7.11 Å². The number of fused-ring (bicyclic) bond motifs is 1. The molecule has 2 aromatic heterocycles. The van der Waals surface area contributed by atoms with Crippen LogP contribution in [0.5, 0.6) is 5.75 Å². The van der Waals surface area contributed by atoms with Crippen LogP contribution in [0.15, 0.2) is 48.8 Å². The third-order valence-corrected chi connectivity index (χ3v) is 5.03. The van der Waals surface area contributed by atoms with Crippen LogP contribution in [-0.2, 0) is 4.79 Å². The summed E-state index contributed by atoms with van der Waals surface area (Å²) in [7, 11) is 1.64. The number of carbonyl (C=O) groups is 1. The van der Waals surface area contributed by atoms with Gasteiger partial charge in [-0.2, -0.15) is 0 Å². The number of nitrogens with zero attached hydrogens (tertiary/aromatic N) is 2. The Balaban J connectivity index is 1.97. The molecule has 1 N–H and O–H groups in total. The van der Waals surface area contributed by atoms with Crippen molar-refractivity contribution in [2.45, 2.75) is 32.6 Å². The largest absolute Gasteiger partial charge is 0.496 e. The van der Waals surface area contributed by atoms with Crippen LogP contribution in [0, 0.1) is 5.92 Å². The Hall–Kier alpha value is -2.53. The zero-order valence-electron chi connectivity index (χ0n) is 16.5. The van der Waals surface area contributed by atoms with Gasteiger partial charge in [-0.1, -0.05) is 43.6 Å². The number of rotatable bonds is 8. The van der Waals surface area contributed by atoms with Crippen molar-refractivity contribution in [1.82, 2.24) is 14.7 Å². The lowest BCUT2D eigenvalue weighted by molar-refractivity contribution is -0.121. The fourth-order valence-corrected chi connectivity index (χ4v) is 3.48. The van der Waals surface area contributed by atoms with E-state index < -0.39 is 0 Å². The van der Waals surface area contributed by atoms with Gasteiger partial charge < -0.3 is 14.5 Å². The summed E-state index contributed by atoms with van der Waals surface area (Å²) in [6.07, 6.45) is 4.90. The van der Waals surface area contributed by atoms with Crippen molar-refractivity contribution in [3.8, 4) is 5.75 Å². The topological polar surface area (TPSA) is 55.6 Å².